The van der Waals surface area contributed by atoms with Gasteiger partial charge < -0.3 is 25.4 Å². The van der Waals surface area contributed by atoms with Crippen molar-refractivity contribution in [3.05, 3.63) is 0 Å². The molecule has 0 fully saturated rings. The number of ether oxygens (including phenoxy) is 1. The highest BCUT2D eigenvalue weighted by Crippen LogP contribution is 2.07. The van der Waals surface area contributed by atoms with E-state index in [-0.39, 0.29) is 6.61 Å². The molecule has 0 bridgehead atoms. The van der Waals surface area contributed by atoms with Gasteiger partial charge in [0.2, 0.25) is 5.91 Å². The minimum Gasteiger partial charge on any atom is -0.394 e. The summed E-state index contributed by atoms with van der Waals surface area (Å²) in [5.41, 5.74) is -1.84. The molecule has 0 atom stereocenters. The summed E-state index contributed by atoms with van der Waals surface area (Å²) in [7, 11) is 0. The third-order valence-corrected chi connectivity index (χ3v) is 1.95. The molecule has 0 aromatic heterocycles. The molecule has 4 N–H and O–H groups in total. The Morgan fingerprint density at radius 3 is 1.88 bits per heavy atom. The van der Waals surface area contributed by atoms with E-state index in [1.165, 1.54) is 0 Å². The molecule has 0 aliphatic rings. The molecular formula is C10H21NO5. The van der Waals surface area contributed by atoms with E-state index in [4.69, 9.17) is 20.1 Å². The third-order valence-electron chi connectivity index (χ3n) is 1.95. The first kappa shape index (κ1) is 15.3. The molecule has 0 saturated heterocycles. The quantitative estimate of drug-likeness (QED) is 0.455. The standard InChI is InChI=1S/C10H21NO5/c1-9(2,3)16-4-8(15)11-10(5-12,6-13)7-14/h12-14H,4-7H2,1-3H3,(H,11,15). The van der Waals surface area contributed by atoms with Gasteiger partial charge in [-0.1, -0.05) is 0 Å². The maximum Gasteiger partial charge on any atom is 0.246 e. The smallest absolute Gasteiger partial charge is 0.246 e. The second-order valence-corrected chi connectivity index (χ2v) is 4.70. The van der Waals surface area contributed by atoms with Gasteiger partial charge in [0.15, 0.2) is 0 Å². The molecule has 0 spiro atoms. The summed E-state index contributed by atoms with van der Waals surface area (Å²) in [4.78, 5) is 11.4. The van der Waals surface area contributed by atoms with Crippen LogP contribution in [0.5, 0.6) is 0 Å². The Bertz CT molecular complexity index is 211. The fourth-order valence-corrected chi connectivity index (χ4v) is 0.882. The van der Waals surface area contributed by atoms with E-state index in [0.717, 1.165) is 0 Å². The molecular weight excluding hydrogens is 214 g/mol. The number of hydrogen-bond acceptors (Lipinski definition) is 5. The summed E-state index contributed by atoms with van der Waals surface area (Å²) in [6.45, 7) is 3.60. The van der Waals surface area contributed by atoms with Gasteiger partial charge in [0.05, 0.1) is 25.4 Å². The highest BCUT2D eigenvalue weighted by Gasteiger charge is 2.30. The Balaban J connectivity index is 4.21. The Kier molecular flexibility index (Phi) is 5.88. The maximum absolute atomic E-state index is 11.4. The molecule has 6 nitrogen and oxygen atoms in total. The number of nitrogens with one attached hydrogen (secondary N) is 1. The number of carbonyl (C=O) groups excluding carboxylic acids is 1. The first-order valence-corrected chi connectivity index (χ1v) is 5.06. The first-order chi connectivity index (χ1) is 7.28. The second-order valence-electron chi connectivity index (χ2n) is 4.70. The van der Waals surface area contributed by atoms with Crippen LogP contribution in [0.25, 0.3) is 0 Å². The van der Waals surface area contributed by atoms with Crippen molar-refractivity contribution in [2.24, 2.45) is 0 Å². The molecule has 0 unspecified atom stereocenters. The van der Waals surface area contributed by atoms with Crippen LogP contribution in [-0.4, -0.2) is 58.8 Å². The normalized spacial score (nSPS) is 12.6. The zero-order valence-electron chi connectivity index (χ0n) is 9.99. The van der Waals surface area contributed by atoms with E-state index in [2.05, 4.69) is 5.32 Å². The van der Waals surface area contributed by atoms with Crippen molar-refractivity contribution in [3.63, 3.8) is 0 Å². The summed E-state index contributed by atoms with van der Waals surface area (Å²) in [6.07, 6.45) is 0. The van der Waals surface area contributed by atoms with E-state index in [9.17, 15) is 4.79 Å². The first-order valence-electron chi connectivity index (χ1n) is 5.06. The summed E-state index contributed by atoms with van der Waals surface area (Å²) in [5.74, 6) is -0.493. The van der Waals surface area contributed by atoms with Crippen LogP contribution in [0.4, 0.5) is 0 Å². The van der Waals surface area contributed by atoms with Crippen LogP contribution in [0, 0.1) is 0 Å². The van der Waals surface area contributed by atoms with Crippen molar-refractivity contribution >= 4 is 5.91 Å². The Hall–Kier alpha value is -0.690. The number of aliphatic hydroxyl groups excluding tert-OH is 3. The van der Waals surface area contributed by atoms with Gasteiger partial charge in [-0.15, -0.1) is 0 Å². The van der Waals surface area contributed by atoms with Crippen LogP contribution in [0.15, 0.2) is 0 Å². The van der Waals surface area contributed by atoms with Gasteiger partial charge in [-0.2, -0.15) is 0 Å². The molecule has 0 aliphatic heterocycles. The molecule has 0 heterocycles. The van der Waals surface area contributed by atoms with E-state index < -0.39 is 36.9 Å². The summed E-state index contributed by atoms with van der Waals surface area (Å²) < 4.78 is 5.21. The molecule has 16 heavy (non-hydrogen) atoms. The van der Waals surface area contributed by atoms with Gasteiger partial charge in [0.1, 0.15) is 12.1 Å². The lowest BCUT2D eigenvalue weighted by Crippen LogP contribution is -2.58. The van der Waals surface area contributed by atoms with E-state index >= 15 is 0 Å². The van der Waals surface area contributed by atoms with Crippen molar-refractivity contribution in [3.8, 4) is 0 Å². The van der Waals surface area contributed by atoms with E-state index in [0.29, 0.717) is 0 Å². The molecule has 0 aromatic carbocycles. The minimum atomic E-state index is -1.39. The lowest BCUT2D eigenvalue weighted by molar-refractivity contribution is -0.134. The molecule has 6 heteroatoms. The highest BCUT2D eigenvalue weighted by atomic mass is 16.5. The van der Waals surface area contributed by atoms with Crippen LogP contribution < -0.4 is 5.32 Å². The van der Waals surface area contributed by atoms with Crippen LogP contribution in [0.2, 0.25) is 0 Å². The number of hydrogen-bond donors (Lipinski definition) is 4. The van der Waals surface area contributed by atoms with Crippen molar-refractivity contribution in [2.45, 2.75) is 31.9 Å². The predicted molar refractivity (Wildman–Crippen MR) is 57.8 cm³/mol. The van der Waals surface area contributed by atoms with Gasteiger partial charge in [-0.05, 0) is 20.8 Å². The SMILES string of the molecule is CC(C)(C)OCC(=O)NC(CO)(CO)CO. The van der Waals surface area contributed by atoms with Crippen LogP contribution in [0.1, 0.15) is 20.8 Å². The fraction of sp³-hybridized carbons (Fsp3) is 0.900. The van der Waals surface area contributed by atoms with Gasteiger partial charge in [0, 0.05) is 0 Å². The summed E-state index contributed by atoms with van der Waals surface area (Å²) >= 11 is 0. The Morgan fingerprint density at radius 2 is 1.56 bits per heavy atom. The fourth-order valence-electron chi connectivity index (χ4n) is 0.882. The van der Waals surface area contributed by atoms with E-state index in [1.54, 1.807) is 20.8 Å². The molecule has 96 valence electrons. The Morgan fingerprint density at radius 1 is 1.12 bits per heavy atom. The highest BCUT2D eigenvalue weighted by molar-refractivity contribution is 5.78. The lowest BCUT2D eigenvalue weighted by atomic mass is 10.0. The number of amides is 1. The van der Waals surface area contributed by atoms with Gasteiger partial charge in [-0.3, -0.25) is 4.79 Å². The molecule has 0 aliphatic carbocycles. The number of rotatable bonds is 6. The topological polar surface area (TPSA) is 99.0 Å². The molecule has 0 radical (unpaired) electrons. The second kappa shape index (κ2) is 6.15. The minimum absolute atomic E-state index is 0.189. The van der Waals surface area contributed by atoms with Crippen LogP contribution in [0.3, 0.4) is 0 Å². The zero-order valence-corrected chi connectivity index (χ0v) is 9.99. The van der Waals surface area contributed by atoms with Crippen LogP contribution >= 0.6 is 0 Å². The van der Waals surface area contributed by atoms with Crippen molar-refractivity contribution < 1.29 is 24.9 Å². The number of aliphatic hydroxyl groups is 3. The molecule has 0 saturated carbocycles. The van der Waals surface area contributed by atoms with Gasteiger partial charge in [0.25, 0.3) is 0 Å². The maximum atomic E-state index is 11.4. The molecule has 1 amide bonds. The van der Waals surface area contributed by atoms with Crippen molar-refractivity contribution in [1.82, 2.24) is 5.32 Å². The summed E-state index contributed by atoms with van der Waals surface area (Å²) in [6, 6.07) is 0. The average Bonchev–Trinajstić information content (AvgIpc) is 2.22. The average molecular weight is 235 g/mol. The van der Waals surface area contributed by atoms with Gasteiger partial charge in [-0.25, -0.2) is 0 Å². The Labute approximate surface area is 95.2 Å². The predicted octanol–water partition coefficient (Wildman–Crippen LogP) is -1.37. The lowest BCUT2D eigenvalue weighted by Gasteiger charge is -2.29. The van der Waals surface area contributed by atoms with Crippen molar-refractivity contribution in [2.75, 3.05) is 26.4 Å². The molecule has 0 aromatic rings. The third kappa shape index (κ3) is 5.41. The largest absolute Gasteiger partial charge is 0.394 e. The van der Waals surface area contributed by atoms with Gasteiger partial charge >= 0.3 is 0 Å². The zero-order chi connectivity index (χ0) is 12.8. The van der Waals surface area contributed by atoms with Crippen LogP contribution in [-0.2, 0) is 9.53 Å². The summed E-state index contributed by atoms with van der Waals surface area (Å²) in [5, 5.41) is 29.3. The molecule has 0 rings (SSSR count). The van der Waals surface area contributed by atoms with E-state index in [1.807, 2.05) is 0 Å². The van der Waals surface area contributed by atoms with Crippen molar-refractivity contribution in [1.29, 1.82) is 0 Å². The number of carbonyl (C=O) groups is 1. The monoisotopic (exact) mass is 235 g/mol.